The van der Waals surface area contributed by atoms with Crippen LogP contribution < -0.4 is 5.32 Å². The van der Waals surface area contributed by atoms with Gasteiger partial charge in [-0.25, -0.2) is 13.8 Å². The number of hydrogen-bond acceptors (Lipinski definition) is 3. The van der Waals surface area contributed by atoms with Crippen LogP contribution in [0.2, 0.25) is 0 Å². The van der Waals surface area contributed by atoms with Crippen LogP contribution >= 0.6 is 0 Å². The Hall–Kier alpha value is -2.25. The van der Waals surface area contributed by atoms with Crippen LogP contribution in [0.1, 0.15) is 28.3 Å². The van der Waals surface area contributed by atoms with Crippen LogP contribution in [0.25, 0.3) is 0 Å². The van der Waals surface area contributed by atoms with Gasteiger partial charge in [-0.3, -0.25) is 9.48 Å². The van der Waals surface area contributed by atoms with E-state index in [1.807, 2.05) is 6.20 Å². The van der Waals surface area contributed by atoms with Crippen LogP contribution in [0.3, 0.4) is 0 Å². The Labute approximate surface area is 126 Å². The van der Waals surface area contributed by atoms with E-state index in [0.717, 1.165) is 23.5 Å². The first-order chi connectivity index (χ1) is 10.5. The van der Waals surface area contributed by atoms with E-state index in [1.54, 1.807) is 13.1 Å². The molecule has 1 atom stereocenters. The largest absolute Gasteiger partial charge is 0.349 e. The molecule has 0 radical (unpaired) electrons. The molecule has 0 fully saturated rings. The number of nitrogens with one attached hydrogen (secondary N) is 1. The molecule has 0 bridgehead atoms. The molecule has 118 valence electrons. The van der Waals surface area contributed by atoms with Crippen LogP contribution in [0, 0.1) is 6.92 Å². The molecule has 0 spiro atoms. The molecule has 1 unspecified atom stereocenters. The number of carbonyl (C=O) groups excluding carboxylic acids is 1. The van der Waals surface area contributed by atoms with Crippen LogP contribution in [0.4, 0.5) is 8.78 Å². The number of aryl methyl sites for hydroxylation is 2. The molecule has 2 aromatic heterocycles. The highest BCUT2D eigenvalue weighted by atomic mass is 19.3. The highest BCUT2D eigenvalue weighted by Gasteiger charge is 2.23. The van der Waals surface area contributed by atoms with Crippen molar-refractivity contribution in [1.82, 2.24) is 24.6 Å². The number of halogens is 2. The molecule has 1 N–H and O–H groups in total. The molecule has 6 nitrogen and oxygen atoms in total. The summed E-state index contributed by atoms with van der Waals surface area (Å²) in [5.74, 6) is 0.671. The van der Waals surface area contributed by atoms with Gasteiger partial charge in [-0.05, 0) is 13.3 Å². The summed E-state index contributed by atoms with van der Waals surface area (Å²) >= 11 is 0. The smallest absolute Gasteiger partial charge is 0.257 e. The predicted molar refractivity (Wildman–Crippen MR) is 74.8 cm³/mol. The Balaban J connectivity index is 1.66. The molecule has 3 rings (SSSR count). The van der Waals surface area contributed by atoms with E-state index < -0.39 is 13.0 Å². The number of carbonyl (C=O) groups is 1. The lowest BCUT2D eigenvalue weighted by Gasteiger charge is -2.24. The van der Waals surface area contributed by atoms with Gasteiger partial charge in [0.2, 0.25) is 0 Å². The molecule has 0 saturated heterocycles. The van der Waals surface area contributed by atoms with Crippen molar-refractivity contribution in [2.75, 3.05) is 0 Å². The molecule has 22 heavy (non-hydrogen) atoms. The van der Waals surface area contributed by atoms with Gasteiger partial charge in [0.1, 0.15) is 12.4 Å². The van der Waals surface area contributed by atoms with Crippen molar-refractivity contribution >= 4 is 5.91 Å². The molecule has 3 heterocycles. The van der Waals surface area contributed by atoms with Crippen molar-refractivity contribution < 1.29 is 13.6 Å². The van der Waals surface area contributed by atoms with Gasteiger partial charge in [0.25, 0.3) is 12.3 Å². The maximum Gasteiger partial charge on any atom is 0.257 e. The fourth-order valence-corrected chi connectivity index (χ4v) is 2.71. The van der Waals surface area contributed by atoms with E-state index in [9.17, 15) is 13.6 Å². The Morgan fingerprint density at radius 3 is 3.14 bits per heavy atom. The standard InChI is InChI=1S/C14H17F2N5O/c1-9-11(7-21(19-9)8-12(15)16)14(22)18-10-2-4-20-5-3-17-13(20)6-10/h3,5,7,10,12H,2,4,6,8H2,1H3,(H,18,22). The fourth-order valence-electron chi connectivity index (χ4n) is 2.71. The first-order valence-corrected chi connectivity index (χ1v) is 7.16. The van der Waals surface area contributed by atoms with Gasteiger partial charge in [0.05, 0.1) is 11.3 Å². The number of amides is 1. The van der Waals surface area contributed by atoms with E-state index in [1.165, 1.54) is 6.20 Å². The third-order valence-electron chi connectivity index (χ3n) is 3.80. The average Bonchev–Trinajstić information content (AvgIpc) is 3.04. The molecule has 1 aliphatic rings. The minimum Gasteiger partial charge on any atom is -0.349 e. The van der Waals surface area contributed by atoms with E-state index in [0.29, 0.717) is 17.7 Å². The van der Waals surface area contributed by atoms with Gasteiger partial charge in [-0.1, -0.05) is 0 Å². The summed E-state index contributed by atoms with van der Waals surface area (Å²) in [6.07, 6.45) is 4.04. The van der Waals surface area contributed by atoms with Crippen molar-refractivity contribution in [2.45, 2.75) is 45.3 Å². The lowest BCUT2D eigenvalue weighted by Crippen LogP contribution is -2.40. The second-order valence-corrected chi connectivity index (χ2v) is 5.44. The number of imidazole rings is 1. The number of alkyl halides is 2. The number of hydrogen-bond donors (Lipinski definition) is 1. The summed E-state index contributed by atoms with van der Waals surface area (Å²) in [4.78, 5) is 16.6. The molecule has 2 aromatic rings. The van der Waals surface area contributed by atoms with Crippen molar-refractivity contribution in [3.8, 4) is 0 Å². The second kappa shape index (κ2) is 5.86. The van der Waals surface area contributed by atoms with Crippen molar-refractivity contribution in [3.63, 3.8) is 0 Å². The van der Waals surface area contributed by atoms with Crippen molar-refractivity contribution in [2.24, 2.45) is 0 Å². The summed E-state index contributed by atoms with van der Waals surface area (Å²) in [6, 6.07) is 0.000230. The van der Waals surface area contributed by atoms with Crippen molar-refractivity contribution in [3.05, 3.63) is 35.7 Å². The SMILES string of the molecule is Cc1nn(CC(F)F)cc1C(=O)NC1CCn2ccnc2C1. The number of aromatic nitrogens is 4. The Kier molecular flexibility index (Phi) is 3.91. The van der Waals surface area contributed by atoms with Crippen LogP contribution in [0.5, 0.6) is 0 Å². The van der Waals surface area contributed by atoms with Gasteiger partial charge in [0, 0.05) is 37.6 Å². The van der Waals surface area contributed by atoms with E-state index in [-0.39, 0.29) is 11.9 Å². The molecule has 1 aliphatic heterocycles. The highest BCUT2D eigenvalue weighted by molar-refractivity contribution is 5.95. The van der Waals surface area contributed by atoms with Gasteiger partial charge >= 0.3 is 0 Å². The van der Waals surface area contributed by atoms with Gasteiger partial charge in [-0.2, -0.15) is 5.10 Å². The monoisotopic (exact) mass is 309 g/mol. The lowest BCUT2D eigenvalue weighted by molar-refractivity contribution is 0.0928. The lowest BCUT2D eigenvalue weighted by atomic mass is 10.1. The molecule has 0 saturated carbocycles. The van der Waals surface area contributed by atoms with E-state index in [4.69, 9.17) is 0 Å². The Bertz CT molecular complexity index is 679. The maximum atomic E-state index is 12.4. The number of nitrogens with zero attached hydrogens (tertiary/aromatic N) is 4. The highest BCUT2D eigenvalue weighted by Crippen LogP contribution is 2.15. The number of rotatable bonds is 4. The van der Waals surface area contributed by atoms with E-state index >= 15 is 0 Å². The summed E-state index contributed by atoms with van der Waals surface area (Å²) < 4.78 is 27.9. The molecular formula is C14H17F2N5O. The normalized spacial score (nSPS) is 17.5. The first kappa shape index (κ1) is 14.7. The third-order valence-corrected chi connectivity index (χ3v) is 3.80. The second-order valence-electron chi connectivity index (χ2n) is 5.44. The molecule has 0 aromatic carbocycles. The van der Waals surface area contributed by atoms with Crippen LogP contribution in [0.15, 0.2) is 18.6 Å². The Morgan fingerprint density at radius 1 is 1.55 bits per heavy atom. The summed E-state index contributed by atoms with van der Waals surface area (Å²) in [5, 5.41) is 6.89. The third kappa shape index (κ3) is 3.00. The van der Waals surface area contributed by atoms with E-state index in [2.05, 4.69) is 20.0 Å². The van der Waals surface area contributed by atoms with Gasteiger partial charge < -0.3 is 9.88 Å². The quantitative estimate of drug-likeness (QED) is 0.928. The zero-order chi connectivity index (χ0) is 15.7. The van der Waals surface area contributed by atoms with Gasteiger partial charge in [-0.15, -0.1) is 0 Å². The maximum absolute atomic E-state index is 12.4. The molecule has 1 amide bonds. The predicted octanol–water partition coefficient (Wildman–Crippen LogP) is 1.40. The topological polar surface area (TPSA) is 64.7 Å². The average molecular weight is 309 g/mol. The molecule has 8 heteroatoms. The molecule has 0 aliphatic carbocycles. The summed E-state index contributed by atoms with van der Waals surface area (Å²) in [5.41, 5.74) is 0.796. The van der Waals surface area contributed by atoms with Crippen LogP contribution in [-0.2, 0) is 19.5 Å². The zero-order valence-corrected chi connectivity index (χ0v) is 12.2. The fraction of sp³-hybridized carbons (Fsp3) is 0.500. The molecular weight excluding hydrogens is 292 g/mol. The first-order valence-electron chi connectivity index (χ1n) is 7.16. The van der Waals surface area contributed by atoms with Gasteiger partial charge in [0.15, 0.2) is 0 Å². The minimum atomic E-state index is -2.49. The summed E-state index contributed by atoms with van der Waals surface area (Å²) in [7, 11) is 0. The van der Waals surface area contributed by atoms with Crippen LogP contribution in [-0.4, -0.2) is 37.7 Å². The number of fused-ring (bicyclic) bond motifs is 1. The minimum absolute atomic E-state index is 0.000230. The Morgan fingerprint density at radius 2 is 2.36 bits per heavy atom. The van der Waals surface area contributed by atoms with Crippen molar-refractivity contribution in [1.29, 1.82) is 0 Å². The zero-order valence-electron chi connectivity index (χ0n) is 12.2. The summed E-state index contributed by atoms with van der Waals surface area (Å²) in [6.45, 7) is 1.95.